The lowest BCUT2D eigenvalue weighted by Crippen LogP contribution is -2.27. The minimum atomic E-state index is 0.115. The molecule has 36 heavy (non-hydrogen) atoms. The number of fused-ring (bicyclic) bond motifs is 3. The zero-order valence-electron chi connectivity index (χ0n) is 21.1. The van der Waals surface area contributed by atoms with Gasteiger partial charge in [-0.25, -0.2) is 9.67 Å². The highest BCUT2D eigenvalue weighted by atomic mass is 16.5. The van der Waals surface area contributed by atoms with Crippen LogP contribution in [0.1, 0.15) is 35.8 Å². The maximum absolute atomic E-state index is 5.76. The summed E-state index contributed by atoms with van der Waals surface area (Å²) in [5.74, 6) is 1.03. The highest BCUT2D eigenvalue weighted by molar-refractivity contribution is 6.08. The number of hydrogen-bond acceptors (Lipinski definition) is 6. The normalized spacial score (nSPS) is 15.6. The van der Waals surface area contributed by atoms with Crippen LogP contribution in [0.15, 0.2) is 48.7 Å². The van der Waals surface area contributed by atoms with Gasteiger partial charge in [0.15, 0.2) is 0 Å². The number of rotatable bonds is 5. The molecule has 5 heterocycles. The summed E-state index contributed by atoms with van der Waals surface area (Å²) in [5.41, 5.74) is 8.13. The van der Waals surface area contributed by atoms with E-state index >= 15 is 0 Å². The van der Waals surface area contributed by atoms with Crippen LogP contribution in [-0.4, -0.2) is 49.9 Å². The Hall–Kier alpha value is -3.78. The summed E-state index contributed by atoms with van der Waals surface area (Å²) < 4.78 is 15.6. The van der Waals surface area contributed by atoms with E-state index in [0.717, 1.165) is 70.6 Å². The van der Waals surface area contributed by atoms with Gasteiger partial charge in [0.05, 0.1) is 46.8 Å². The van der Waals surface area contributed by atoms with Crippen LogP contribution in [0, 0.1) is 19.8 Å². The van der Waals surface area contributed by atoms with Crippen molar-refractivity contribution in [3.8, 4) is 17.1 Å². The van der Waals surface area contributed by atoms with Gasteiger partial charge in [-0.15, -0.1) is 5.10 Å². The first kappa shape index (κ1) is 22.7. The van der Waals surface area contributed by atoms with Crippen LogP contribution in [0.4, 0.5) is 0 Å². The number of ether oxygens (including phenoxy) is 2. The molecule has 0 saturated carbocycles. The van der Waals surface area contributed by atoms with Gasteiger partial charge in [-0.05, 0) is 44.2 Å². The second-order valence-electron chi connectivity index (χ2n) is 9.56. The van der Waals surface area contributed by atoms with E-state index in [1.807, 2.05) is 31.8 Å². The lowest BCUT2D eigenvalue weighted by atomic mass is 9.86. The molecule has 0 aliphatic carbocycles. The van der Waals surface area contributed by atoms with Crippen molar-refractivity contribution in [2.75, 3.05) is 20.3 Å². The number of aromatic nitrogens is 6. The molecular formula is C28H30N6O2. The number of hydrogen-bond donors (Lipinski definition) is 0. The van der Waals surface area contributed by atoms with Crippen molar-refractivity contribution in [3.63, 3.8) is 0 Å². The Morgan fingerprint density at radius 3 is 2.50 bits per heavy atom. The topological polar surface area (TPSA) is 79.9 Å². The fraction of sp³-hybridized carbons (Fsp3) is 0.357. The minimum absolute atomic E-state index is 0.115. The maximum Gasteiger partial charge on any atom is 0.215 e. The molecule has 1 atom stereocenters. The Bertz CT molecular complexity index is 1530. The van der Waals surface area contributed by atoms with Crippen molar-refractivity contribution >= 4 is 21.9 Å². The summed E-state index contributed by atoms with van der Waals surface area (Å²) in [5, 5.41) is 9.55. The molecule has 8 nitrogen and oxygen atoms in total. The monoisotopic (exact) mass is 482 g/mol. The van der Waals surface area contributed by atoms with Gasteiger partial charge in [0, 0.05) is 43.5 Å². The summed E-state index contributed by atoms with van der Waals surface area (Å²) in [7, 11) is 3.59. The Kier molecular flexibility index (Phi) is 5.68. The largest absolute Gasteiger partial charge is 0.481 e. The van der Waals surface area contributed by atoms with E-state index in [4.69, 9.17) is 19.4 Å². The van der Waals surface area contributed by atoms with Crippen LogP contribution in [0.25, 0.3) is 33.2 Å². The van der Waals surface area contributed by atoms with Gasteiger partial charge >= 0.3 is 0 Å². The zero-order valence-corrected chi connectivity index (χ0v) is 21.1. The molecule has 1 aromatic carbocycles. The van der Waals surface area contributed by atoms with E-state index in [0.29, 0.717) is 11.8 Å². The third-order valence-corrected chi connectivity index (χ3v) is 7.39. The average Bonchev–Trinajstić information content (AvgIpc) is 3.41. The Balaban J connectivity index is 1.71. The van der Waals surface area contributed by atoms with Gasteiger partial charge in [0.2, 0.25) is 5.88 Å². The Labute approximate surface area is 209 Å². The van der Waals surface area contributed by atoms with Crippen LogP contribution >= 0.6 is 0 Å². The third-order valence-electron chi connectivity index (χ3n) is 7.39. The molecule has 1 aliphatic rings. The second kappa shape index (κ2) is 9.02. The van der Waals surface area contributed by atoms with Gasteiger partial charge in [-0.3, -0.25) is 4.98 Å². The molecular weight excluding hydrogens is 452 g/mol. The van der Waals surface area contributed by atoms with E-state index in [1.54, 1.807) is 7.11 Å². The van der Waals surface area contributed by atoms with Gasteiger partial charge < -0.3 is 14.0 Å². The van der Waals surface area contributed by atoms with E-state index < -0.39 is 0 Å². The standard InChI is InChI=1S/C28H30N6O2/c1-17-25-22(15-24(30-17)35-4)34(28(19-8-6-5-7-9-19)20-10-12-36-13-11-20)23-14-21(16-29-26(23)25)27-18(2)31-32-33(27)3/h5-9,14-16,20,28H,10-13H2,1-4H3/t28-/m1/s1. The molecule has 0 spiro atoms. The molecule has 0 unspecified atom stereocenters. The number of benzene rings is 1. The van der Waals surface area contributed by atoms with Crippen molar-refractivity contribution < 1.29 is 9.47 Å². The quantitative estimate of drug-likeness (QED) is 0.350. The molecule has 1 fully saturated rings. The first-order valence-corrected chi connectivity index (χ1v) is 12.4. The number of methoxy groups -OCH3 is 1. The van der Waals surface area contributed by atoms with Crippen molar-refractivity contribution in [1.29, 1.82) is 0 Å². The van der Waals surface area contributed by atoms with Crippen molar-refractivity contribution in [1.82, 2.24) is 29.5 Å². The van der Waals surface area contributed by atoms with Crippen LogP contribution in [-0.2, 0) is 11.8 Å². The molecule has 1 aliphatic heterocycles. The van der Waals surface area contributed by atoms with Crippen LogP contribution in [0.2, 0.25) is 0 Å². The molecule has 8 heteroatoms. The molecule has 0 N–H and O–H groups in total. The van der Waals surface area contributed by atoms with Crippen LogP contribution < -0.4 is 4.74 Å². The van der Waals surface area contributed by atoms with Gasteiger partial charge in [-0.1, -0.05) is 35.5 Å². The summed E-state index contributed by atoms with van der Waals surface area (Å²) >= 11 is 0. The van der Waals surface area contributed by atoms with Crippen molar-refractivity contribution in [2.24, 2.45) is 13.0 Å². The van der Waals surface area contributed by atoms with Gasteiger partial charge in [0.1, 0.15) is 0 Å². The first-order valence-electron chi connectivity index (χ1n) is 12.4. The minimum Gasteiger partial charge on any atom is -0.481 e. The molecule has 6 rings (SSSR count). The fourth-order valence-electron chi connectivity index (χ4n) is 5.77. The van der Waals surface area contributed by atoms with E-state index in [-0.39, 0.29) is 6.04 Å². The van der Waals surface area contributed by atoms with E-state index in [2.05, 4.69) is 57.3 Å². The highest BCUT2D eigenvalue weighted by Gasteiger charge is 2.31. The van der Waals surface area contributed by atoms with Crippen LogP contribution in [0.3, 0.4) is 0 Å². The SMILES string of the molecule is COc1cc2c(c(C)n1)c1ncc(-c3c(C)nnn3C)cc1n2[C@H](c1ccccc1)C1CCOCC1. The van der Waals surface area contributed by atoms with Crippen LogP contribution in [0.5, 0.6) is 5.88 Å². The number of nitrogens with zero attached hydrogens (tertiary/aromatic N) is 6. The lowest BCUT2D eigenvalue weighted by Gasteiger charge is -2.33. The summed E-state index contributed by atoms with van der Waals surface area (Å²) in [6.07, 6.45) is 3.92. The van der Waals surface area contributed by atoms with Gasteiger partial charge in [-0.2, -0.15) is 0 Å². The fourth-order valence-corrected chi connectivity index (χ4v) is 5.77. The highest BCUT2D eigenvalue weighted by Crippen LogP contribution is 2.42. The van der Waals surface area contributed by atoms with Gasteiger partial charge in [0.25, 0.3) is 0 Å². The predicted octanol–water partition coefficient (Wildman–Crippen LogP) is 5.02. The first-order chi connectivity index (χ1) is 17.6. The summed E-state index contributed by atoms with van der Waals surface area (Å²) in [4.78, 5) is 9.72. The molecule has 184 valence electrons. The smallest absolute Gasteiger partial charge is 0.215 e. The zero-order chi connectivity index (χ0) is 24.8. The second-order valence-corrected chi connectivity index (χ2v) is 9.56. The number of pyridine rings is 2. The molecule has 0 radical (unpaired) electrons. The molecule has 0 bridgehead atoms. The molecule has 0 amide bonds. The molecule has 5 aromatic rings. The van der Waals surface area contributed by atoms with E-state index in [9.17, 15) is 0 Å². The number of aryl methyl sites for hydroxylation is 3. The predicted molar refractivity (Wildman–Crippen MR) is 139 cm³/mol. The Morgan fingerprint density at radius 2 is 1.81 bits per heavy atom. The Morgan fingerprint density at radius 1 is 1.03 bits per heavy atom. The maximum atomic E-state index is 5.76. The van der Waals surface area contributed by atoms with Crippen molar-refractivity contribution in [3.05, 3.63) is 65.6 Å². The molecule has 1 saturated heterocycles. The average molecular weight is 483 g/mol. The summed E-state index contributed by atoms with van der Waals surface area (Å²) in [6.45, 7) is 5.57. The summed E-state index contributed by atoms with van der Waals surface area (Å²) in [6, 6.07) is 15.2. The van der Waals surface area contributed by atoms with E-state index in [1.165, 1.54) is 5.56 Å². The third kappa shape index (κ3) is 3.64. The lowest BCUT2D eigenvalue weighted by molar-refractivity contribution is 0.0552. The van der Waals surface area contributed by atoms with Crippen molar-refractivity contribution in [2.45, 2.75) is 32.7 Å². The molecule has 4 aromatic heterocycles.